The van der Waals surface area contributed by atoms with Crippen LogP contribution in [0.25, 0.3) is 10.8 Å². The molecule has 44 heavy (non-hydrogen) atoms. The molecule has 9 heteroatoms. The van der Waals surface area contributed by atoms with E-state index in [0.29, 0.717) is 31.6 Å². The molecule has 3 aromatic carbocycles. The standard InChI is InChI=1S/C35H41N7O2/c1-40-18-8-13-27(40)21-37-34-38-30-23-41(31-15-7-12-26-11-5-6-14-28(26)31)19-16-29(30)33(39-34)32-22-36-17-20-42(32)35(43)44-24-25-9-3-2-4-10-25/h2-7,9-12,14-15,27,32,36H,8,13,16-24H2,1H3,(H,37,38,39)/t27-,32?/m0/s1. The van der Waals surface area contributed by atoms with Crippen LogP contribution in [0.15, 0.2) is 72.8 Å². The average molecular weight is 592 g/mol. The summed E-state index contributed by atoms with van der Waals surface area (Å²) in [7, 11) is 2.19. The number of fused-ring (bicyclic) bond motifs is 2. The molecule has 3 aliphatic heterocycles. The summed E-state index contributed by atoms with van der Waals surface area (Å²) in [4.78, 5) is 30.5. The molecule has 9 nitrogen and oxygen atoms in total. The number of likely N-dealkylation sites (tertiary alicyclic amines) is 1. The van der Waals surface area contributed by atoms with Gasteiger partial charge in [-0.1, -0.05) is 66.7 Å². The maximum atomic E-state index is 13.5. The highest BCUT2D eigenvalue weighted by molar-refractivity contribution is 5.94. The number of hydrogen-bond donors (Lipinski definition) is 2. The zero-order chi connectivity index (χ0) is 29.9. The van der Waals surface area contributed by atoms with Crippen LogP contribution in [-0.2, 0) is 24.3 Å². The van der Waals surface area contributed by atoms with Gasteiger partial charge in [-0.3, -0.25) is 4.90 Å². The number of ether oxygens (including phenoxy) is 1. The van der Waals surface area contributed by atoms with Crippen molar-refractivity contribution in [3.05, 3.63) is 95.3 Å². The minimum atomic E-state index is -0.303. The van der Waals surface area contributed by atoms with Crippen molar-refractivity contribution in [2.24, 2.45) is 0 Å². The molecular weight excluding hydrogens is 550 g/mol. The number of benzene rings is 3. The van der Waals surface area contributed by atoms with Gasteiger partial charge in [0.1, 0.15) is 6.61 Å². The van der Waals surface area contributed by atoms with Gasteiger partial charge in [-0.2, -0.15) is 0 Å². The Morgan fingerprint density at radius 3 is 2.70 bits per heavy atom. The van der Waals surface area contributed by atoms with E-state index >= 15 is 0 Å². The summed E-state index contributed by atoms with van der Waals surface area (Å²) < 4.78 is 5.82. The monoisotopic (exact) mass is 591 g/mol. The predicted octanol–water partition coefficient (Wildman–Crippen LogP) is 4.98. The number of anilines is 2. The first kappa shape index (κ1) is 28.6. The lowest BCUT2D eigenvalue weighted by atomic mass is 9.96. The van der Waals surface area contributed by atoms with Gasteiger partial charge in [-0.25, -0.2) is 14.8 Å². The first-order valence-electron chi connectivity index (χ1n) is 15.9. The van der Waals surface area contributed by atoms with Crippen LogP contribution in [0.4, 0.5) is 16.4 Å². The van der Waals surface area contributed by atoms with Crippen molar-refractivity contribution in [1.82, 2.24) is 25.1 Å². The van der Waals surface area contributed by atoms with Crippen molar-refractivity contribution in [3.8, 4) is 0 Å². The van der Waals surface area contributed by atoms with Crippen LogP contribution in [0.5, 0.6) is 0 Å². The van der Waals surface area contributed by atoms with Crippen LogP contribution < -0.4 is 15.5 Å². The van der Waals surface area contributed by atoms with Gasteiger partial charge < -0.3 is 25.2 Å². The second-order valence-electron chi connectivity index (χ2n) is 12.1. The summed E-state index contributed by atoms with van der Waals surface area (Å²) in [5.74, 6) is 0.641. The van der Waals surface area contributed by atoms with Gasteiger partial charge in [0.25, 0.3) is 0 Å². The minimum Gasteiger partial charge on any atom is -0.445 e. The molecule has 0 radical (unpaired) electrons. The zero-order valence-electron chi connectivity index (χ0n) is 25.4. The Labute approximate surface area is 259 Å². The molecule has 2 N–H and O–H groups in total. The molecule has 7 rings (SSSR count). The van der Waals surface area contributed by atoms with E-state index in [-0.39, 0.29) is 18.7 Å². The van der Waals surface area contributed by atoms with Gasteiger partial charge in [-0.15, -0.1) is 0 Å². The summed E-state index contributed by atoms with van der Waals surface area (Å²) in [5, 5.41) is 9.58. The molecule has 0 aliphatic carbocycles. The van der Waals surface area contributed by atoms with E-state index in [4.69, 9.17) is 14.7 Å². The lowest BCUT2D eigenvalue weighted by Crippen LogP contribution is -2.49. The van der Waals surface area contributed by atoms with E-state index in [2.05, 4.69) is 69.9 Å². The van der Waals surface area contributed by atoms with E-state index < -0.39 is 0 Å². The third-order valence-corrected chi connectivity index (χ3v) is 9.37. The fraction of sp³-hybridized carbons (Fsp3) is 0.400. The van der Waals surface area contributed by atoms with E-state index in [9.17, 15) is 4.79 Å². The molecule has 228 valence electrons. The van der Waals surface area contributed by atoms with Gasteiger partial charge in [0.2, 0.25) is 5.95 Å². The third kappa shape index (κ3) is 5.94. The van der Waals surface area contributed by atoms with Gasteiger partial charge in [0, 0.05) is 55.4 Å². The van der Waals surface area contributed by atoms with Gasteiger partial charge >= 0.3 is 6.09 Å². The first-order valence-corrected chi connectivity index (χ1v) is 15.9. The molecule has 1 aromatic heterocycles. The SMILES string of the molecule is CN1CCC[C@H]1CNc1nc2c(c(C3CNCCN3C(=O)OCc3ccccc3)n1)CCN(c1cccc3ccccc13)C2. The number of nitrogens with zero attached hydrogens (tertiary/aromatic N) is 5. The molecule has 3 aliphatic rings. The van der Waals surface area contributed by atoms with E-state index in [1.54, 1.807) is 0 Å². The zero-order valence-corrected chi connectivity index (χ0v) is 25.4. The van der Waals surface area contributed by atoms with Crippen LogP contribution in [0, 0.1) is 0 Å². The maximum Gasteiger partial charge on any atom is 0.410 e. The van der Waals surface area contributed by atoms with Crippen molar-refractivity contribution in [2.45, 2.75) is 44.5 Å². The van der Waals surface area contributed by atoms with Crippen LogP contribution in [0.3, 0.4) is 0 Å². The molecule has 4 heterocycles. The van der Waals surface area contributed by atoms with Crippen LogP contribution in [0.2, 0.25) is 0 Å². The Morgan fingerprint density at radius 1 is 1.00 bits per heavy atom. The van der Waals surface area contributed by atoms with Crippen molar-refractivity contribution in [3.63, 3.8) is 0 Å². The molecule has 2 saturated heterocycles. The van der Waals surface area contributed by atoms with E-state index in [1.807, 2.05) is 35.2 Å². The summed E-state index contributed by atoms with van der Waals surface area (Å²) in [6.45, 7) is 5.63. The van der Waals surface area contributed by atoms with Crippen molar-refractivity contribution < 1.29 is 9.53 Å². The number of carbonyl (C=O) groups is 1. The largest absolute Gasteiger partial charge is 0.445 e. The molecule has 0 spiro atoms. The summed E-state index contributed by atoms with van der Waals surface area (Å²) in [6, 6.07) is 25.1. The topological polar surface area (TPSA) is 85.9 Å². The molecule has 1 amide bonds. The molecule has 0 saturated carbocycles. The van der Waals surface area contributed by atoms with Crippen LogP contribution in [0.1, 0.15) is 41.4 Å². The number of likely N-dealkylation sites (N-methyl/N-ethyl adjacent to an activating group) is 1. The van der Waals surface area contributed by atoms with E-state index in [1.165, 1.54) is 29.3 Å². The molecule has 4 aromatic rings. The van der Waals surface area contributed by atoms with Crippen LogP contribution in [-0.4, -0.2) is 78.2 Å². The fourth-order valence-corrected chi connectivity index (χ4v) is 6.92. The quantitative estimate of drug-likeness (QED) is 0.311. The average Bonchev–Trinajstić information content (AvgIpc) is 3.50. The summed E-state index contributed by atoms with van der Waals surface area (Å²) in [6.07, 6.45) is 2.89. The van der Waals surface area contributed by atoms with Crippen molar-refractivity contribution >= 4 is 28.5 Å². The summed E-state index contributed by atoms with van der Waals surface area (Å²) >= 11 is 0. The summed E-state index contributed by atoms with van der Waals surface area (Å²) in [5.41, 5.74) is 5.31. The Kier molecular flexibility index (Phi) is 8.31. The number of amides is 1. The number of carbonyl (C=O) groups excluding carboxylic acids is 1. The number of nitrogens with one attached hydrogen (secondary N) is 2. The van der Waals surface area contributed by atoms with Crippen LogP contribution >= 0.6 is 0 Å². The lowest BCUT2D eigenvalue weighted by molar-refractivity contribution is 0.0709. The lowest BCUT2D eigenvalue weighted by Gasteiger charge is -2.38. The Morgan fingerprint density at radius 2 is 1.84 bits per heavy atom. The number of hydrogen-bond acceptors (Lipinski definition) is 8. The fourth-order valence-electron chi connectivity index (χ4n) is 6.92. The van der Waals surface area contributed by atoms with E-state index in [0.717, 1.165) is 55.1 Å². The van der Waals surface area contributed by atoms with Crippen molar-refractivity contribution in [1.29, 1.82) is 0 Å². The smallest absolute Gasteiger partial charge is 0.410 e. The molecule has 0 bridgehead atoms. The second-order valence-corrected chi connectivity index (χ2v) is 12.1. The predicted molar refractivity (Wildman–Crippen MR) is 174 cm³/mol. The highest BCUT2D eigenvalue weighted by Crippen LogP contribution is 2.34. The number of piperazine rings is 1. The maximum absolute atomic E-state index is 13.5. The van der Waals surface area contributed by atoms with Crippen molar-refractivity contribution in [2.75, 3.05) is 56.5 Å². The highest BCUT2D eigenvalue weighted by Gasteiger charge is 2.35. The molecular formula is C35H41N7O2. The van der Waals surface area contributed by atoms with Gasteiger partial charge in [-0.05, 0) is 49.9 Å². The number of aromatic nitrogens is 2. The third-order valence-electron chi connectivity index (χ3n) is 9.37. The second kappa shape index (κ2) is 12.8. The Balaban J connectivity index is 1.20. The van der Waals surface area contributed by atoms with Gasteiger partial charge in [0.05, 0.1) is 24.0 Å². The Bertz CT molecular complexity index is 1610. The Hall–Kier alpha value is -4.21. The van der Waals surface area contributed by atoms with Gasteiger partial charge in [0.15, 0.2) is 0 Å². The highest BCUT2D eigenvalue weighted by atomic mass is 16.6. The molecule has 1 unspecified atom stereocenters. The number of rotatable bonds is 7. The minimum absolute atomic E-state index is 0.234. The molecule has 2 atom stereocenters. The normalized spacial score (nSPS) is 20.5. The molecule has 2 fully saturated rings. The first-order chi connectivity index (χ1) is 21.6.